The van der Waals surface area contributed by atoms with Crippen LogP contribution in [0.4, 0.5) is 5.69 Å². The SMILES string of the molecule is Cc1ccc(CN2C(=O)C(=C3SC(=S)N(CCc4ccccc4)C3=O)c3ccccc32)cc1. The lowest BCUT2D eigenvalue weighted by Crippen LogP contribution is -2.31. The molecule has 0 N–H and O–H groups in total. The lowest BCUT2D eigenvalue weighted by Gasteiger charge is -2.17. The second kappa shape index (κ2) is 8.96. The van der Waals surface area contributed by atoms with Crippen molar-refractivity contribution in [3.63, 3.8) is 0 Å². The van der Waals surface area contributed by atoms with Gasteiger partial charge in [-0.15, -0.1) is 0 Å². The molecular weight excluding hydrogens is 448 g/mol. The lowest BCUT2D eigenvalue weighted by molar-refractivity contribution is -0.122. The van der Waals surface area contributed by atoms with Gasteiger partial charge in [0.05, 0.1) is 22.7 Å². The van der Waals surface area contributed by atoms with Gasteiger partial charge in [-0.2, -0.15) is 0 Å². The molecular formula is C27H22N2O2S2. The number of aryl methyl sites for hydroxylation is 1. The van der Waals surface area contributed by atoms with Gasteiger partial charge in [-0.3, -0.25) is 14.5 Å². The number of benzene rings is 3. The highest BCUT2D eigenvalue weighted by molar-refractivity contribution is 8.26. The van der Waals surface area contributed by atoms with Crippen LogP contribution in [0.25, 0.3) is 5.57 Å². The van der Waals surface area contributed by atoms with Crippen molar-refractivity contribution in [1.29, 1.82) is 0 Å². The summed E-state index contributed by atoms with van der Waals surface area (Å²) >= 11 is 6.77. The predicted molar refractivity (Wildman–Crippen MR) is 138 cm³/mol. The van der Waals surface area contributed by atoms with Gasteiger partial charge in [-0.25, -0.2) is 0 Å². The molecule has 6 heteroatoms. The number of hydrogen-bond donors (Lipinski definition) is 0. The maximum atomic E-state index is 13.6. The van der Waals surface area contributed by atoms with Crippen molar-refractivity contribution in [3.05, 3.63) is 106 Å². The molecule has 0 aliphatic carbocycles. The summed E-state index contributed by atoms with van der Waals surface area (Å²) in [6.45, 7) is 2.99. The minimum atomic E-state index is -0.184. The number of nitrogens with zero attached hydrogens (tertiary/aromatic N) is 2. The summed E-state index contributed by atoms with van der Waals surface area (Å²) < 4.78 is 0.501. The molecule has 0 atom stereocenters. The molecule has 3 aromatic carbocycles. The Balaban J connectivity index is 1.45. The van der Waals surface area contributed by atoms with Crippen molar-refractivity contribution in [2.45, 2.75) is 19.9 Å². The highest BCUT2D eigenvalue weighted by atomic mass is 32.2. The van der Waals surface area contributed by atoms with Crippen LogP contribution in [-0.4, -0.2) is 27.6 Å². The van der Waals surface area contributed by atoms with Gasteiger partial charge < -0.3 is 4.90 Å². The van der Waals surface area contributed by atoms with Crippen molar-refractivity contribution in [3.8, 4) is 0 Å². The van der Waals surface area contributed by atoms with Gasteiger partial charge >= 0.3 is 0 Å². The molecule has 0 spiro atoms. The largest absolute Gasteiger partial charge is 0.303 e. The minimum Gasteiger partial charge on any atom is -0.303 e. The summed E-state index contributed by atoms with van der Waals surface area (Å²) in [5, 5.41) is 0. The van der Waals surface area contributed by atoms with E-state index < -0.39 is 0 Å². The van der Waals surface area contributed by atoms with Gasteiger partial charge in [0.25, 0.3) is 11.8 Å². The second-order valence-electron chi connectivity index (χ2n) is 8.16. The van der Waals surface area contributed by atoms with E-state index in [0.717, 1.165) is 22.4 Å². The Morgan fingerprint density at radius 2 is 1.48 bits per heavy atom. The zero-order valence-corrected chi connectivity index (χ0v) is 19.8. The van der Waals surface area contributed by atoms with E-state index in [2.05, 4.69) is 0 Å². The molecule has 33 heavy (non-hydrogen) atoms. The Hall–Kier alpha value is -3.22. The molecule has 0 bridgehead atoms. The van der Waals surface area contributed by atoms with Crippen LogP contribution in [0.2, 0.25) is 0 Å². The smallest absolute Gasteiger partial charge is 0.267 e. The van der Waals surface area contributed by atoms with Crippen LogP contribution >= 0.6 is 24.0 Å². The summed E-state index contributed by atoms with van der Waals surface area (Å²) in [6, 6.07) is 25.8. The van der Waals surface area contributed by atoms with E-state index >= 15 is 0 Å². The number of anilines is 1. The number of thiocarbonyl (C=S) groups is 1. The molecule has 3 aromatic rings. The van der Waals surface area contributed by atoms with E-state index in [-0.39, 0.29) is 11.8 Å². The van der Waals surface area contributed by atoms with Crippen LogP contribution in [0.1, 0.15) is 22.3 Å². The van der Waals surface area contributed by atoms with Gasteiger partial charge in [-0.05, 0) is 30.5 Å². The number of carbonyl (C=O) groups excluding carboxylic acids is 2. The van der Waals surface area contributed by atoms with E-state index in [4.69, 9.17) is 12.2 Å². The van der Waals surface area contributed by atoms with Crippen LogP contribution in [0.5, 0.6) is 0 Å². The molecule has 4 nitrogen and oxygen atoms in total. The first-order valence-electron chi connectivity index (χ1n) is 10.8. The van der Waals surface area contributed by atoms with E-state index in [1.807, 2.05) is 85.8 Å². The van der Waals surface area contributed by atoms with Crippen LogP contribution < -0.4 is 4.90 Å². The van der Waals surface area contributed by atoms with E-state index in [1.54, 1.807) is 9.80 Å². The quantitative estimate of drug-likeness (QED) is 0.372. The maximum Gasteiger partial charge on any atom is 0.267 e. The van der Waals surface area contributed by atoms with E-state index in [1.165, 1.54) is 17.3 Å². The van der Waals surface area contributed by atoms with E-state index in [9.17, 15) is 9.59 Å². The second-order valence-corrected chi connectivity index (χ2v) is 9.80. The van der Waals surface area contributed by atoms with Gasteiger partial charge in [-0.1, -0.05) is 102 Å². The average molecular weight is 471 g/mol. The predicted octanol–water partition coefficient (Wildman–Crippen LogP) is 5.36. The van der Waals surface area contributed by atoms with Crippen molar-refractivity contribution in [2.75, 3.05) is 11.4 Å². The molecule has 0 radical (unpaired) electrons. The molecule has 1 fully saturated rings. The fourth-order valence-electron chi connectivity index (χ4n) is 4.16. The standard InChI is InChI=1S/C27H22N2O2S2/c1-18-11-13-20(14-12-18)17-29-22-10-6-5-9-21(22)23(25(29)30)24-26(31)28(27(32)33-24)16-15-19-7-3-2-4-8-19/h2-14H,15-17H2,1H3. The lowest BCUT2D eigenvalue weighted by atomic mass is 10.1. The summed E-state index contributed by atoms with van der Waals surface area (Å²) in [7, 11) is 0. The van der Waals surface area contributed by atoms with Crippen molar-refractivity contribution < 1.29 is 9.59 Å². The number of hydrogen-bond acceptors (Lipinski definition) is 4. The van der Waals surface area contributed by atoms with E-state index in [0.29, 0.717) is 34.3 Å². The summed E-state index contributed by atoms with van der Waals surface area (Å²) in [6.07, 6.45) is 0.708. The third-order valence-electron chi connectivity index (χ3n) is 5.93. The molecule has 5 rings (SSSR count). The maximum absolute atomic E-state index is 13.6. The normalized spacial score (nSPS) is 17.8. The number of rotatable bonds is 5. The molecule has 2 aliphatic heterocycles. The third kappa shape index (κ3) is 4.12. The molecule has 0 unspecified atom stereocenters. The fraction of sp³-hybridized carbons (Fsp3) is 0.148. The van der Waals surface area contributed by atoms with Gasteiger partial charge in [0, 0.05) is 12.1 Å². The van der Waals surface area contributed by atoms with Crippen LogP contribution in [-0.2, 0) is 22.6 Å². The zero-order valence-electron chi connectivity index (χ0n) is 18.2. The topological polar surface area (TPSA) is 40.6 Å². The van der Waals surface area contributed by atoms with Gasteiger partial charge in [0.1, 0.15) is 4.32 Å². The Morgan fingerprint density at radius 3 is 2.24 bits per heavy atom. The highest BCUT2D eigenvalue weighted by Gasteiger charge is 2.41. The first-order valence-corrected chi connectivity index (χ1v) is 12.0. The first-order chi connectivity index (χ1) is 16.0. The van der Waals surface area contributed by atoms with Crippen molar-refractivity contribution >= 4 is 51.4 Å². The monoisotopic (exact) mass is 470 g/mol. The fourth-order valence-corrected chi connectivity index (χ4v) is 5.54. The number of para-hydroxylation sites is 1. The molecule has 0 saturated carbocycles. The average Bonchev–Trinajstić information content (AvgIpc) is 3.26. The summed E-state index contributed by atoms with van der Waals surface area (Å²) in [5.41, 5.74) is 5.43. The first kappa shape index (κ1) is 21.6. The van der Waals surface area contributed by atoms with Crippen LogP contribution in [0.15, 0.2) is 83.8 Å². The Kier molecular flexibility index (Phi) is 5.87. The summed E-state index contributed by atoms with van der Waals surface area (Å²) in [5.74, 6) is -0.336. The molecule has 2 aliphatic rings. The molecule has 1 saturated heterocycles. The highest BCUT2D eigenvalue weighted by Crippen LogP contribution is 2.45. The Labute approximate surface area is 202 Å². The van der Waals surface area contributed by atoms with Gasteiger partial charge in [0.15, 0.2) is 0 Å². The minimum absolute atomic E-state index is 0.152. The number of thioether (sulfide) groups is 1. The molecule has 164 valence electrons. The van der Waals surface area contributed by atoms with Gasteiger partial charge in [0.2, 0.25) is 0 Å². The zero-order chi connectivity index (χ0) is 22.9. The number of amides is 2. The molecule has 2 amide bonds. The van der Waals surface area contributed by atoms with Crippen LogP contribution in [0, 0.1) is 6.92 Å². The third-order valence-corrected chi connectivity index (χ3v) is 7.38. The number of fused-ring (bicyclic) bond motifs is 1. The molecule has 0 aromatic heterocycles. The van der Waals surface area contributed by atoms with Crippen molar-refractivity contribution in [2.24, 2.45) is 0 Å². The van der Waals surface area contributed by atoms with Crippen molar-refractivity contribution in [1.82, 2.24) is 4.90 Å². The molecule has 2 heterocycles. The summed E-state index contributed by atoms with van der Waals surface area (Å²) in [4.78, 5) is 30.8. The Bertz CT molecular complexity index is 1280. The van der Waals surface area contributed by atoms with Crippen LogP contribution in [0.3, 0.4) is 0 Å². The number of carbonyl (C=O) groups is 2. The Morgan fingerprint density at radius 1 is 0.788 bits per heavy atom.